The van der Waals surface area contributed by atoms with Gasteiger partial charge in [-0.25, -0.2) is 0 Å². The van der Waals surface area contributed by atoms with Crippen molar-refractivity contribution >= 4 is 5.97 Å². The first kappa shape index (κ1) is 9.80. The van der Waals surface area contributed by atoms with E-state index >= 15 is 0 Å². The zero-order valence-corrected chi connectivity index (χ0v) is 7.36. The van der Waals surface area contributed by atoms with Crippen LogP contribution in [0.3, 0.4) is 0 Å². The third-order valence-electron chi connectivity index (χ3n) is 1.93. The zero-order valence-electron chi connectivity index (χ0n) is 7.36. The second-order valence-electron chi connectivity index (χ2n) is 3.02. The molecule has 0 aromatic carbocycles. The topological polar surface area (TPSA) is 79.1 Å². The zero-order chi connectivity index (χ0) is 9.68. The molecule has 0 aliphatic rings. The van der Waals surface area contributed by atoms with Crippen LogP contribution in [-0.2, 0) is 4.79 Å². The molecule has 0 aliphatic carbocycles. The van der Waals surface area contributed by atoms with Crippen molar-refractivity contribution in [2.45, 2.75) is 25.3 Å². The highest BCUT2D eigenvalue weighted by Crippen LogP contribution is 2.14. The third kappa shape index (κ3) is 3.29. The summed E-state index contributed by atoms with van der Waals surface area (Å²) in [5.74, 6) is -0.765. The lowest BCUT2D eigenvalue weighted by atomic mass is 10.1. The summed E-state index contributed by atoms with van der Waals surface area (Å²) < 4.78 is 0. The molecule has 0 saturated heterocycles. The van der Waals surface area contributed by atoms with E-state index in [9.17, 15) is 4.79 Å². The smallest absolute Gasteiger partial charge is 0.303 e. The Labute approximate surface area is 76.8 Å². The maximum atomic E-state index is 10.2. The van der Waals surface area contributed by atoms with E-state index in [-0.39, 0.29) is 12.5 Å². The maximum Gasteiger partial charge on any atom is 0.303 e. The van der Waals surface area contributed by atoms with Gasteiger partial charge in [-0.2, -0.15) is 0 Å². The molecule has 1 unspecified atom stereocenters. The van der Waals surface area contributed by atoms with Gasteiger partial charge in [-0.1, -0.05) is 0 Å². The van der Waals surface area contributed by atoms with Gasteiger partial charge in [0, 0.05) is 24.4 Å². The molecule has 72 valence electrons. The van der Waals surface area contributed by atoms with E-state index < -0.39 is 5.97 Å². The van der Waals surface area contributed by atoms with Crippen LogP contribution in [0.5, 0.6) is 0 Å². The fraction of sp³-hybridized carbons (Fsp3) is 0.444. The van der Waals surface area contributed by atoms with Crippen LogP contribution in [0, 0.1) is 0 Å². The van der Waals surface area contributed by atoms with Gasteiger partial charge in [0.2, 0.25) is 0 Å². The molecule has 0 spiro atoms. The number of aliphatic carboxylic acids is 1. The number of carboxylic acids is 1. The Bertz CT molecular complexity index is 257. The molecule has 4 N–H and O–H groups in total. The Morgan fingerprint density at radius 1 is 1.69 bits per heavy atom. The number of H-pyrrole nitrogens is 1. The standard InChI is InChI=1S/C9H14N2O2/c10-7(3-1-5-9(12)13)8-4-2-6-11-8/h2,4,6-7,11H,1,3,5,10H2,(H,12,13). The highest BCUT2D eigenvalue weighted by Gasteiger charge is 2.06. The average Bonchev–Trinajstić information content (AvgIpc) is 2.55. The van der Waals surface area contributed by atoms with Crippen molar-refractivity contribution in [2.75, 3.05) is 0 Å². The Morgan fingerprint density at radius 2 is 2.46 bits per heavy atom. The van der Waals surface area contributed by atoms with Crippen LogP contribution < -0.4 is 5.73 Å². The first-order valence-electron chi connectivity index (χ1n) is 4.31. The highest BCUT2D eigenvalue weighted by atomic mass is 16.4. The number of hydrogen-bond acceptors (Lipinski definition) is 2. The SMILES string of the molecule is NC(CCCC(=O)O)c1ccc[nH]1. The highest BCUT2D eigenvalue weighted by molar-refractivity contribution is 5.66. The van der Waals surface area contributed by atoms with Gasteiger partial charge < -0.3 is 15.8 Å². The first-order valence-corrected chi connectivity index (χ1v) is 4.31. The quantitative estimate of drug-likeness (QED) is 0.641. The minimum absolute atomic E-state index is 0.0747. The van der Waals surface area contributed by atoms with Gasteiger partial charge in [0.05, 0.1) is 0 Å². The Hall–Kier alpha value is -1.29. The molecular formula is C9H14N2O2. The van der Waals surface area contributed by atoms with E-state index in [0.29, 0.717) is 12.8 Å². The van der Waals surface area contributed by atoms with Crippen molar-refractivity contribution < 1.29 is 9.90 Å². The van der Waals surface area contributed by atoms with E-state index in [1.165, 1.54) is 0 Å². The van der Waals surface area contributed by atoms with Crippen molar-refractivity contribution in [1.82, 2.24) is 4.98 Å². The molecule has 0 radical (unpaired) electrons. The molecule has 0 fully saturated rings. The Morgan fingerprint density at radius 3 is 3.00 bits per heavy atom. The summed E-state index contributed by atoms with van der Waals surface area (Å²) in [5.41, 5.74) is 6.76. The van der Waals surface area contributed by atoms with Crippen molar-refractivity contribution in [3.8, 4) is 0 Å². The Balaban J connectivity index is 2.26. The number of carbonyl (C=O) groups is 1. The van der Waals surface area contributed by atoms with E-state index in [1.807, 2.05) is 18.3 Å². The monoisotopic (exact) mass is 182 g/mol. The molecule has 0 aliphatic heterocycles. The van der Waals surface area contributed by atoms with Crippen LogP contribution in [0.1, 0.15) is 31.0 Å². The molecule has 1 heterocycles. The normalized spacial score (nSPS) is 12.7. The minimum Gasteiger partial charge on any atom is -0.481 e. The van der Waals surface area contributed by atoms with Gasteiger partial charge in [-0.05, 0) is 25.0 Å². The van der Waals surface area contributed by atoms with Crippen molar-refractivity contribution in [3.63, 3.8) is 0 Å². The van der Waals surface area contributed by atoms with Gasteiger partial charge in [0.1, 0.15) is 0 Å². The predicted molar refractivity (Wildman–Crippen MR) is 49.2 cm³/mol. The molecule has 0 amide bonds. The fourth-order valence-electron chi connectivity index (χ4n) is 1.20. The largest absolute Gasteiger partial charge is 0.481 e. The second kappa shape index (κ2) is 4.67. The summed E-state index contributed by atoms with van der Waals surface area (Å²) in [6, 6.07) is 3.71. The minimum atomic E-state index is -0.765. The molecular weight excluding hydrogens is 168 g/mol. The average molecular weight is 182 g/mol. The van der Waals surface area contributed by atoms with E-state index in [1.54, 1.807) is 0 Å². The third-order valence-corrected chi connectivity index (χ3v) is 1.93. The molecule has 4 nitrogen and oxygen atoms in total. The number of hydrogen-bond donors (Lipinski definition) is 3. The summed E-state index contributed by atoms with van der Waals surface area (Å²) in [6.45, 7) is 0. The lowest BCUT2D eigenvalue weighted by Crippen LogP contribution is -2.11. The number of aromatic amines is 1. The van der Waals surface area contributed by atoms with Crippen LogP contribution in [0.25, 0.3) is 0 Å². The van der Waals surface area contributed by atoms with Gasteiger partial charge in [0.25, 0.3) is 0 Å². The summed E-state index contributed by atoms with van der Waals surface area (Å²) in [5, 5.41) is 8.41. The number of aromatic nitrogens is 1. The van der Waals surface area contributed by atoms with Gasteiger partial charge in [-0.3, -0.25) is 4.79 Å². The van der Waals surface area contributed by atoms with Crippen molar-refractivity contribution in [1.29, 1.82) is 0 Å². The molecule has 1 atom stereocenters. The Kier molecular flexibility index (Phi) is 3.52. The second-order valence-corrected chi connectivity index (χ2v) is 3.02. The maximum absolute atomic E-state index is 10.2. The van der Waals surface area contributed by atoms with Crippen LogP contribution in [0.4, 0.5) is 0 Å². The summed E-state index contributed by atoms with van der Waals surface area (Å²) in [7, 11) is 0. The van der Waals surface area contributed by atoms with Gasteiger partial charge in [-0.15, -0.1) is 0 Å². The molecule has 1 rings (SSSR count). The van der Waals surface area contributed by atoms with Crippen LogP contribution >= 0.6 is 0 Å². The van der Waals surface area contributed by atoms with Gasteiger partial charge in [0.15, 0.2) is 0 Å². The molecule has 0 saturated carbocycles. The number of rotatable bonds is 5. The van der Waals surface area contributed by atoms with Gasteiger partial charge >= 0.3 is 5.97 Å². The lowest BCUT2D eigenvalue weighted by Gasteiger charge is -2.07. The molecule has 1 aromatic rings. The summed E-state index contributed by atoms with van der Waals surface area (Å²) in [4.78, 5) is 13.2. The van der Waals surface area contributed by atoms with Crippen LogP contribution in [0.2, 0.25) is 0 Å². The summed E-state index contributed by atoms with van der Waals surface area (Å²) >= 11 is 0. The van der Waals surface area contributed by atoms with Crippen molar-refractivity contribution in [2.24, 2.45) is 5.73 Å². The number of nitrogens with one attached hydrogen (secondary N) is 1. The lowest BCUT2D eigenvalue weighted by molar-refractivity contribution is -0.137. The number of nitrogens with two attached hydrogens (primary N) is 1. The molecule has 4 heteroatoms. The van der Waals surface area contributed by atoms with Crippen molar-refractivity contribution in [3.05, 3.63) is 24.0 Å². The first-order chi connectivity index (χ1) is 6.20. The molecule has 1 aromatic heterocycles. The van der Waals surface area contributed by atoms with Crippen LogP contribution in [0.15, 0.2) is 18.3 Å². The van der Waals surface area contributed by atoms with Crippen LogP contribution in [-0.4, -0.2) is 16.1 Å². The van der Waals surface area contributed by atoms with E-state index in [2.05, 4.69) is 4.98 Å². The fourth-order valence-corrected chi connectivity index (χ4v) is 1.20. The van der Waals surface area contributed by atoms with E-state index in [0.717, 1.165) is 5.69 Å². The predicted octanol–water partition coefficient (Wildman–Crippen LogP) is 1.27. The molecule has 13 heavy (non-hydrogen) atoms. The van der Waals surface area contributed by atoms with E-state index in [4.69, 9.17) is 10.8 Å². The summed E-state index contributed by atoms with van der Waals surface area (Å²) in [6.07, 6.45) is 3.32. The number of carboxylic acid groups (broad SMARTS) is 1. The molecule has 0 bridgehead atoms.